The normalized spacial score (nSPS) is 23.6. The number of hydrogen-bond donors (Lipinski definition) is 2. The molecule has 2 amide bonds. The molecule has 2 atom stereocenters. The molecule has 1 heterocycles. The van der Waals surface area contributed by atoms with Crippen LogP contribution < -0.4 is 10.6 Å². The van der Waals surface area contributed by atoms with E-state index in [-0.39, 0.29) is 17.9 Å². The summed E-state index contributed by atoms with van der Waals surface area (Å²) in [4.78, 5) is 25.2. The Bertz CT molecular complexity index is 268. The lowest BCUT2D eigenvalue weighted by Gasteiger charge is -2.31. The molecule has 2 N–H and O–H groups in total. The van der Waals surface area contributed by atoms with Crippen molar-refractivity contribution in [3.8, 4) is 0 Å². The zero-order valence-electron chi connectivity index (χ0n) is 10.2. The predicted octanol–water partition coefficient (Wildman–Crippen LogP) is -0.279. The van der Waals surface area contributed by atoms with Crippen molar-refractivity contribution in [3.63, 3.8) is 0 Å². The predicted molar refractivity (Wildman–Crippen MR) is 61.9 cm³/mol. The highest BCUT2D eigenvalue weighted by Crippen LogP contribution is 2.14. The molecule has 0 aliphatic carbocycles. The zero-order valence-corrected chi connectivity index (χ0v) is 10.2. The second kappa shape index (κ2) is 5.84. The van der Waals surface area contributed by atoms with Crippen LogP contribution in [0.3, 0.4) is 0 Å². The third kappa shape index (κ3) is 3.20. The number of likely N-dealkylation sites (tertiary alicyclic amines) is 1. The van der Waals surface area contributed by atoms with Gasteiger partial charge in [-0.1, -0.05) is 6.42 Å². The number of carbonyl (C=O) groups excluding carboxylic acids is 2. The van der Waals surface area contributed by atoms with Gasteiger partial charge >= 0.3 is 0 Å². The van der Waals surface area contributed by atoms with Crippen LogP contribution in [-0.2, 0) is 9.59 Å². The average Bonchev–Trinajstić information content (AvgIpc) is 2.28. The Morgan fingerprint density at radius 2 is 2.06 bits per heavy atom. The number of hydrogen-bond acceptors (Lipinski definition) is 3. The Labute approximate surface area is 96.6 Å². The maximum Gasteiger partial charge on any atom is 0.242 e. The maximum atomic E-state index is 11.9. The zero-order chi connectivity index (χ0) is 12.1. The lowest BCUT2D eigenvalue weighted by atomic mass is 10.0. The monoisotopic (exact) mass is 227 g/mol. The fourth-order valence-electron chi connectivity index (χ4n) is 2.00. The molecule has 0 aromatic carbocycles. The number of nitrogens with zero attached hydrogens (tertiary/aromatic N) is 1. The van der Waals surface area contributed by atoms with E-state index in [0.717, 1.165) is 25.8 Å². The van der Waals surface area contributed by atoms with Crippen LogP contribution in [0.1, 0.15) is 26.2 Å². The summed E-state index contributed by atoms with van der Waals surface area (Å²) in [6, 6.07) is -0.548. The average molecular weight is 227 g/mol. The van der Waals surface area contributed by atoms with Crippen molar-refractivity contribution in [1.29, 1.82) is 0 Å². The summed E-state index contributed by atoms with van der Waals surface area (Å²) >= 11 is 0. The second-order valence-corrected chi connectivity index (χ2v) is 4.34. The summed E-state index contributed by atoms with van der Waals surface area (Å²) < 4.78 is 0. The van der Waals surface area contributed by atoms with E-state index >= 15 is 0 Å². The molecule has 0 saturated carbocycles. The van der Waals surface area contributed by atoms with Crippen molar-refractivity contribution >= 4 is 11.8 Å². The van der Waals surface area contributed by atoms with Crippen LogP contribution in [0.2, 0.25) is 0 Å². The number of amides is 2. The molecule has 1 aliphatic heterocycles. The molecule has 0 unspecified atom stereocenters. The molecule has 1 saturated heterocycles. The minimum Gasteiger partial charge on any atom is -0.357 e. The van der Waals surface area contributed by atoms with Gasteiger partial charge < -0.3 is 10.6 Å². The van der Waals surface area contributed by atoms with E-state index in [4.69, 9.17) is 0 Å². The maximum absolute atomic E-state index is 11.9. The van der Waals surface area contributed by atoms with Crippen molar-refractivity contribution in [1.82, 2.24) is 15.5 Å². The van der Waals surface area contributed by atoms with E-state index in [1.165, 1.54) is 0 Å². The summed E-state index contributed by atoms with van der Waals surface area (Å²) in [6.07, 6.45) is 3.10. The van der Waals surface area contributed by atoms with Gasteiger partial charge in [0.2, 0.25) is 11.8 Å². The van der Waals surface area contributed by atoms with Gasteiger partial charge in [-0.25, -0.2) is 0 Å². The largest absolute Gasteiger partial charge is 0.357 e. The quantitative estimate of drug-likeness (QED) is 0.697. The van der Waals surface area contributed by atoms with E-state index in [1.807, 2.05) is 7.05 Å². The van der Waals surface area contributed by atoms with Crippen molar-refractivity contribution in [3.05, 3.63) is 0 Å². The molecule has 0 bridgehead atoms. The van der Waals surface area contributed by atoms with E-state index in [0.29, 0.717) is 0 Å². The van der Waals surface area contributed by atoms with Crippen molar-refractivity contribution in [2.45, 2.75) is 38.3 Å². The van der Waals surface area contributed by atoms with Crippen molar-refractivity contribution in [2.75, 3.05) is 20.6 Å². The van der Waals surface area contributed by atoms with E-state index < -0.39 is 6.04 Å². The minimum atomic E-state index is -0.465. The lowest BCUT2D eigenvalue weighted by molar-refractivity contribution is -0.131. The standard InChI is InChI=1S/C11H21N3O2/c1-8(10(15)12-2)13-11(16)9-6-4-5-7-14(9)3/h8-9H,4-7H2,1-3H3,(H,12,15)(H,13,16)/t8-,9+/m0/s1. The molecule has 92 valence electrons. The first-order valence-electron chi connectivity index (χ1n) is 5.78. The van der Waals surface area contributed by atoms with Crippen LogP contribution in [0, 0.1) is 0 Å². The van der Waals surface area contributed by atoms with Gasteiger partial charge in [-0.05, 0) is 33.4 Å². The Hall–Kier alpha value is -1.10. The highest BCUT2D eigenvalue weighted by atomic mass is 16.2. The third-order valence-electron chi connectivity index (χ3n) is 3.07. The molecule has 1 rings (SSSR count). The molecule has 5 heteroatoms. The van der Waals surface area contributed by atoms with Crippen LogP contribution in [0.5, 0.6) is 0 Å². The van der Waals surface area contributed by atoms with Gasteiger partial charge in [-0.15, -0.1) is 0 Å². The smallest absolute Gasteiger partial charge is 0.242 e. The van der Waals surface area contributed by atoms with Crippen LogP contribution in [0.4, 0.5) is 0 Å². The first-order chi connectivity index (χ1) is 7.56. The first kappa shape index (κ1) is 13.0. The summed E-state index contributed by atoms with van der Waals surface area (Å²) in [5.41, 5.74) is 0. The molecule has 1 fully saturated rings. The molecule has 0 aromatic heterocycles. The molecular weight excluding hydrogens is 206 g/mol. The fourth-order valence-corrected chi connectivity index (χ4v) is 2.00. The molecule has 5 nitrogen and oxygen atoms in total. The van der Waals surface area contributed by atoms with Gasteiger partial charge in [0.25, 0.3) is 0 Å². The van der Waals surface area contributed by atoms with Crippen LogP contribution >= 0.6 is 0 Å². The second-order valence-electron chi connectivity index (χ2n) is 4.34. The molecule has 16 heavy (non-hydrogen) atoms. The Morgan fingerprint density at radius 3 is 2.62 bits per heavy atom. The molecular formula is C11H21N3O2. The van der Waals surface area contributed by atoms with Gasteiger partial charge in [0.1, 0.15) is 6.04 Å². The number of piperidine rings is 1. The summed E-state index contributed by atoms with van der Waals surface area (Å²) in [5, 5.41) is 5.26. The van der Waals surface area contributed by atoms with Crippen LogP contribution in [0.25, 0.3) is 0 Å². The van der Waals surface area contributed by atoms with Crippen LogP contribution in [0.15, 0.2) is 0 Å². The molecule has 0 aromatic rings. The topological polar surface area (TPSA) is 61.4 Å². The Kier molecular flexibility index (Phi) is 4.73. The lowest BCUT2D eigenvalue weighted by Crippen LogP contribution is -2.52. The number of carbonyl (C=O) groups is 2. The molecule has 0 radical (unpaired) electrons. The van der Waals surface area contributed by atoms with Crippen LogP contribution in [-0.4, -0.2) is 49.4 Å². The van der Waals surface area contributed by atoms with E-state index in [1.54, 1.807) is 14.0 Å². The summed E-state index contributed by atoms with van der Waals surface area (Å²) in [5.74, 6) is -0.204. The number of likely N-dealkylation sites (N-methyl/N-ethyl adjacent to an activating group) is 2. The van der Waals surface area contributed by atoms with Gasteiger partial charge in [0.05, 0.1) is 6.04 Å². The fraction of sp³-hybridized carbons (Fsp3) is 0.818. The highest BCUT2D eigenvalue weighted by Gasteiger charge is 2.27. The summed E-state index contributed by atoms with van der Waals surface area (Å²) in [6.45, 7) is 2.64. The SMILES string of the molecule is CNC(=O)[C@H](C)NC(=O)[C@H]1CCCCN1C. The van der Waals surface area contributed by atoms with Gasteiger partial charge in [0, 0.05) is 7.05 Å². The van der Waals surface area contributed by atoms with Crippen molar-refractivity contribution in [2.24, 2.45) is 0 Å². The molecule has 0 spiro atoms. The summed E-state index contributed by atoms with van der Waals surface area (Å²) in [7, 11) is 3.52. The first-order valence-corrected chi connectivity index (χ1v) is 5.78. The van der Waals surface area contributed by atoms with Gasteiger partial charge in [-0.2, -0.15) is 0 Å². The van der Waals surface area contributed by atoms with E-state index in [9.17, 15) is 9.59 Å². The third-order valence-corrected chi connectivity index (χ3v) is 3.07. The highest BCUT2D eigenvalue weighted by molar-refractivity contribution is 5.89. The van der Waals surface area contributed by atoms with Gasteiger partial charge in [0.15, 0.2) is 0 Å². The van der Waals surface area contributed by atoms with Gasteiger partial charge in [-0.3, -0.25) is 14.5 Å². The van der Waals surface area contributed by atoms with Crippen molar-refractivity contribution < 1.29 is 9.59 Å². The van der Waals surface area contributed by atoms with E-state index in [2.05, 4.69) is 15.5 Å². The molecule has 1 aliphatic rings. The number of rotatable bonds is 3. The Morgan fingerprint density at radius 1 is 1.38 bits per heavy atom. The Balaban J connectivity index is 2.47. The minimum absolute atomic E-state index is 0.0432. The number of nitrogens with one attached hydrogen (secondary N) is 2.